The molecule has 0 saturated carbocycles. The maximum atomic E-state index is 5.81. The summed E-state index contributed by atoms with van der Waals surface area (Å²) in [6.45, 7) is 2.65. The molecule has 1 aliphatic heterocycles. The second kappa shape index (κ2) is 5.12. The molecule has 0 aliphatic carbocycles. The van der Waals surface area contributed by atoms with Crippen LogP contribution >= 0.6 is 23.7 Å². The molecule has 0 fully saturated rings. The van der Waals surface area contributed by atoms with Gasteiger partial charge in [-0.3, -0.25) is 0 Å². The zero-order valence-corrected chi connectivity index (χ0v) is 10.8. The Balaban J connectivity index is 2.25. The highest BCUT2D eigenvalue weighted by Gasteiger charge is 2.37. The van der Waals surface area contributed by atoms with Gasteiger partial charge in [0.05, 0.1) is 12.7 Å². The lowest BCUT2D eigenvalue weighted by Crippen LogP contribution is -2.19. The van der Waals surface area contributed by atoms with Crippen molar-refractivity contribution in [1.82, 2.24) is 0 Å². The summed E-state index contributed by atoms with van der Waals surface area (Å²) >= 11 is 3.04. The topological polar surface area (TPSA) is 30.8 Å². The van der Waals surface area contributed by atoms with Gasteiger partial charge in [0.1, 0.15) is 5.75 Å². The molecule has 0 aromatic heterocycles. The first-order chi connectivity index (χ1) is 7.80. The molecule has 1 aromatic carbocycles. The summed E-state index contributed by atoms with van der Waals surface area (Å²) in [5.41, 5.74) is 2.92. The highest BCUT2D eigenvalue weighted by Crippen LogP contribution is 2.51. The first kappa shape index (κ1) is 11.8. The van der Waals surface area contributed by atoms with E-state index in [1.54, 1.807) is 18.9 Å². The van der Waals surface area contributed by atoms with Crippen LogP contribution in [0.15, 0.2) is 28.7 Å². The minimum absolute atomic E-state index is 0.416. The van der Waals surface area contributed by atoms with Gasteiger partial charge in [-0.1, -0.05) is 23.9 Å². The molecule has 3 nitrogen and oxygen atoms in total. The average Bonchev–Trinajstić information content (AvgIpc) is 2.80. The summed E-state index contributed by atoms with van der Waals surface area (Å²) in [6.07, 6.45) is 0. The van der Waals surface area contributed by atoms with Gasteiger partial charge in [0, 0.05) is 24.1 Å². The maximum Gasteiger partial charge on any atom is 0.212 e. The first-order valence-electron chi connectivity index (χ1n) is 4.97. The molecule has 1 heterocycles. The predicted octanol–water partition coefficient (Wildman–Crippen LogP) is 3.27. The molecule has 0 spiro atoms. The molecule has 5 heteroatoms. The largest absolute Gasteiger partial charge is 0.497 e. The monoisotopic (exact) mass is 255 g/mol. The molecular weight excluding hydrogens is 242 g/mol. The van der Waals surface area contributed by atoms with Gasteiger partial charge < -0.3 is 9.47 Å². The van der Waals surface area contributed by atoms with Crippen molar-refractivity contribution in [3.63, 3.8) is 0 Å². The molecule has 0 bridgehead atoms. The lowest BCUT2D eigenvalue weighted by atomic mass is 10.2. The number of thioether (sulfide) groups is 1. The van der Waals surface area contributed by atoms with E-state index in [2.05, 4.69) is 4.40 Å². The Morgan fingerprint density at radius 2 is 2.06 bits per heavy atom. The van der Waals surface area contributed by atoms with Gasteiger partial charge in [-0.05, 0) is 19.1 Å². The Morgan fingerprint density at radius 1 is 1.31 bits per heavy atom. The van der Waals surface area contributed by atoms with Crippen LogP contribution in [0.2, 0.25) is 0 Å². The first-order valence-corrected chi connectivity index (χ1v) is 6.62. The molecule has 1 aromatic rings. The minimum Gasteiger partial charge on any atom is -0.497 e. The Kier molecular flexibility index (Phi) is 3.78. The molecule has 16 heavy (non-hydrogen) atoms. The van der Waals surface area contributed by atoms with Crippen LogP contribution < -0.4 is 4.74 Å². The fourth-order valence-electron chi connectivity index (χ4n) is 1.45. The van der Waals surface area contributed by atoms with Gasteiger partial charge in [0.2, 0.25) is 4.27 Å². The highest BCUT2D eigenvalue weighted by molar-refractivity contribution is 8.26. The fourth-order valence-corrected chi connectivity index (χ4v) is 3.38. The van der Waals surface area contributed by atoms with Crippen LogP contribution in [-0.4, -0.2) is 19.3 Å². The van der Waals surface area contributed by atoms with Crippen LogP contribution in [0.4, 0.5) is 0 Å². The van der Waals surface area contributed by atoms with Crippen molar-refractivity contribution in [3.05, 3.63) is 29.8 Å². The maximum absolute atomic E-state index is 5.81. The molecule has 0 amide bonds. The van der Waals surface area contributed by atoms with Gasteiger partial charge >= 0.3 is 0 Å². The summed E-state index contributed by atoms with van der Waals surface area (Å²) < 4.78 is 14.7. The summed E-state index contributed by atoms with van der Waals surface area (Å²) in [7, 11) is 1.66. The third-order valence-corrected chi connectivity index (χ3v) is 4.53. The zero-order chi connectivity index (χ0) is 11.4. The van der Waals surface area contributed by atoms with Crippen LogP contribution in [0, 0.1) is 0 Å². The quantitative estimate of drug-likeness (QED) is 0.773. The van der Waals surface area contributed by atoms with Gasteiger partial charge in [-0.15, -0.1) is 0 Å². The van der Waals surface area contributed by atoms with Crippen molar-refractivity contribution >= 4 is 29.3 Å². The number of hydrogen-bond donors (Lipinski definition) is 0. The number of rotatable bonds is 4. The minimum atomic E-state index is -0.416. The van der Waals surface area contributed by atoms with E-state index in [0.29, 0.717) is 6.61 Å². The Hall–Kier alpha value is -0.650. The Bertz CT molecular complexity index is 370. The van der Waals surface area contributed by atoms with Crippen LogP contribution in [0.5, 0.6) is 5.75 Å². The lowest BCUT2D eigenvalue weighted by molar-refractivity contribution is 0.101. The Labute approximate surface area is 104 Å². The van der Waals surface area contributed by atoms with Crippen molar-refractivity contribution in [2.24, 2.45) is 4.40 Å². The third-order valence-electron chi connectivity index (χ3n) is 2.20. The molecule has 2 rings (SSSR count). The predicted molar refractivity (Wildman–Crippen MR) is 70.0 cm³/mol. The Morgan fingerprint density at radius 3 is 2.56 bits per heavy atom. The number of methoxy groups -OCH3 is 1. The van der Waals surface area contributed by atoms with Crippen molar-refractivity contribution < 1.29 is 9.47 Å². The molecule has 86 valence electrons. The molecule has 0 saturated heterocycles. The van der Waals surface area contributed by atoms with E-state index in [4.69, 9.17) is 9.47 Å². The molecule has 1 unspecified atom stereocenters. The van der Waals surface area contributed by atoms with Crippen molar-refractivity contribution in [1.29, 1.82) is 0 Å². The third kappa shape index (κ3) is 2.21. The summed E-state index contributed by atoms with van der Waals surface area (Å²) in [4.78, 5) is 0. The highest BCUT2D eigenvalue weighted by atomic mass is 32.2. The summed E-state index contributed by atoms with van der Waals surface area (Å²) in [5.74, 6) is 0.851. The second-order valence-electron chi connectivity index (χ2n) is 3.14. The lowest BCUT2D eigenvalue weighted by Gasteiger charge is -2.25. The zero-order valence-electron chi connectivity index (χ0n) is 9.17. The number of nitrogens with zero attached hydrogens (tertiary/aromatic N) is 1. The van der Waals surface area contributed by atoms with E-state index in [9.17, 15) is 0 Å². The molecular formula is C11H13NO2S2. The number of ether oxygens (including phenoxy) is 2. The number of hydrogen-bond acceptors (Lipinski definition) is 5. The van der Waals surface area contributed by atoms with E-state index in [-0.39, 0.29) is 0 Å². The van der Waals surface area contributed by atoms with Crippen molar-refractivity contribution in [3.8, 4) is 5.75 Å². The van der Waals surface area contributed by atoms with Crippen molar-refractivity contribution in [2.45, 2.75) is 11.2 Å². The van der Waals surface area contributed by atoms with Crippen LogP contribution in [0.25, 0.3) is 0 Å². The van der Waals surface area contributed by atoms with E-state index in [1.165, 1.54) is 11.9 Å². The van der Waals surface area contributed by atoms with Gasteiger partial charge in [0.25, 0.3) is 0 Å². The van der Waals surface area contributed by atoms with E-state index < -0.39 is 4.27 Å². The van der Waals surface area contributed by atoms with Crippen LogP contribution in [-0.2, 0) is 9.00 Å². The summed E-state index contributed by atoms with van der Waals surface area (Å²) in [6, 6.07) is 7.91. The SMILES string of the molecule is CCOC1(c2ccc(OC)cc2)SC=NS1. The van der Waals surface area contributed by atoms with Gasteiger partial charge in [0.15, 0.2) is 0 Å². The number of benzene rings is 1. The molecule has 1 aliphatic rings. The van der Waals surface area contributed by atoms with E-state index in [1.807, 2.05) is 36.7 Å². The summed E-state index contributed by atoms with van der Waals surface area (Å²) in [5, 5.41) is 0. The van der Waals surface area contributed by atoms with E-state index >= 15 is 0 Å². The second-order valence-corrected chi connectivity index (χ2v) is 5.39. The van der Waals surface area contributed by atoms with Crippen LogP contribution in [0.3, 0.4) is 0 Å². The average molecular weight is 255 g/mol. The van der Waals surface area contributed by atoms with Crippen LogP contribution in [0.1, 0.15) is 12.5 Å². The molecule has 0 radical (unpaired) electrons. The fraction of sp³-hybridized carbons (Fsp3) is 0.364. The normalized spacial score (nSPS) is 23.6. The standard InChI is InChI=1S/C11H13NO2S2/c1-3-14-11(15-8-12-16-11)9-4-6-10(13-2)7-5-9/h4-8H,3H2,1-2H3. The van der Waals surface area contributed by atoms with Gasteiger partial charge in [-0.25, -0.2) is 4.40 Å². The molecule has 1 atom stereocenters. The van der Waals surface area contributed by atoms with Crippen molar-refractivity contribution in [2.75, 3.05) is 13.7 Å². The van der Waals surface area contributed by atoms with Gasteiger partial charge in [-0.2, -0.15) is 0 Å². The molecule has 0 N–H and O–H groups in total. The van der Waals surface area contributed by atoms with E-state index in [0.717, 1.165) is 11.3 Å². The smallest absolute Gasteiger partial charge is 0.212 e.